The molecule has 0 saturated carbocycles. The normalized spacial score (nSPS) is 12.5. The molecule has 1 atom stereocenters. The summed E-state index contributed by atoms with van der Waals surface area (Å²) >= 11 is 0. The summed E-state index contributed by atoms with van der Waals surface area (Å²) in [6, 6.07) is 9.84. The van der Waals surface area contributed by atoms with Crippen LogP contribution in [0.5, 0.6) is 0 Å². The van der Waals surface area contributed by atoms with Gasteiger partial charge in [0.2, 0.25) is 0 Å². The number of halogens is 3. The minimum atomic E-state index is -0.884. The van der Waals surface area contributed by atoms with Gasteiger partial charge in [0, 0.05) is 5.92 Å². The van der Waals surface area contributed by atoms with Crippen LogP contribution in [0.15, 0.2) is 42.5 Å². The third kappa shape index (κ3) is 2.49. The lowest BCUT2D eigenvalue weighted by Crippen LogP contribution is -1.98. The maximum atomic E-state index is 13.1. The minimum Gasteiger partial charge on any atom is -0.207 e. The van der Waals surface area contributed by atoms with Gasteiger partial charge in [-0.3, -0.25) is 0 Å². The van der Waals surface area contributed by atoms with E-state index in [2.05, 4.69) is 0 Å². The molecule has 3 heteroatoms. The highest BCUT2D eigenvalue weighted by Gasteiger charge is 2.11. The molecule has 0 fully saturated rings. The van der Waals surface area contributed by atoms with Crippen LogP contribution in [-0.4, -0.2) is 0 Å². The number of hydrogen-bond donors (Lipinski definition) is 0. The Balaban J connectivity index is 2.36. The van der Waals surface area contributed by atoms with E-state index < -0.39 is 11.6 Å². The predicted octanol–water partition coefficient (Wildman–Crippen LogP) is 4.26. The van der Waals surface area contributed by atoms with Crippen molar-refractivity contribution in [3.63, 3.8) is 0 Å². The van der Waals surface area contributed by atoms with Gasteiger partial charge in [0.25, 0.3) is 0 Å². The molecule has 2 aromatic rings. The number of benzene rings is 2. The zero-order chi connectivity index (χ0) is 12.4. The summed E-state index contributed by atoms with van der Waals surface area (Å²) < 4.78 is 38.9. The van der Waals surface area contributed by atoms with Crippen molar-refractivity contribution in [2.24, 2.45) is 0 Å². The molecule has 0 aliphatic carbocycles. The zero-order valence-electron chi connectivity index (χ0n) is 9.25. The van der Waals surface area contributed by atoms with Crippen LogP contribution in [0.1, 0.15) is 24.0 Å². The summed E-state index contributed by atoms with van der Waals surface area (Å²) in [6.45, 7) is 1.82. The Bertz CT molecular complexity index is 535. The van der Waals surface area contributed by atoms with Gasteiger partial charge in [0.15, 0.2) is 11.6 Å². The lowest BCUT2D eigenvalue weighted by atomic mass is 9.93. The summed E-state index contributed by atoms with van der Waals surface area (Å²) in [4.78, 5) is 0. The Morgan fingerprint density at radius 1 is 0.824 bits per heavy atom. The van der Waals surface area contributed by atoms with Crippen molar-refractivity contribution in [3.05, 3.63) is 71.0 Å². The highest BCUT2D eigenvalue weighted by molar-refractivity contribution is 5.32. The molecule has 0 heterocycles. The van der Waals surface area contributed by atoms with E-state index in [-0.39, 0.29) is 11.7 Å². The maximum absolute atomic E-state index is 13.1. The smallest absolute Gasteiger partial charge is 0.159 e. The Kier molecular flexibility index (Phi) is 3.18. The predicted molar refractivity (Wildman–Crippen MR) is 60.3 cm³/mol. The quantitative estimate of drug-likeness (QED) is 0.731. The Morgan fingerprint density at radius 2 is 1.53 bits per heavy atom. The third-order valence-corrected chi connectivity index (χ3v) is 2.79. The van der Waals surface area contributed by atoms with Gasteiger partial charge < -0.3 is 0 Å². The standard InChI is InChI=1S/C14H11F3/c1-9(10-3-2-4-12(15)7-10)11-5-6-13(16)14(17)8-11/h2-9H,1H3. The fraction of sp³-hybridized carbons (Fsp3) is 0.143. The SMILES string of the molecule is CC(c1cccc(F)c1)c1ccc(F)c(F)c1. The van der Waals surface area contributed by atoms with Crippen LogP contribution in [0.3, 0.4) is 0 Å². The van der Waals surface area contributed by atoms with Gasteiger partial charge in [-0.15, -0.1) is 0 Å². The molecule has 0 aliphatic heterocycles. The molecule has 0 radical (unpaired) electrons. The summed E-state index contributed by atoms with van der Waals surface area (Å²) in [6.07, 6.45) is 0. The lowest BCUT2D eigenvalue weighted by molar-refractivity contribution is 0.506. The summed E-state index contributed by atoms with van der Waals surface area (Å²) in [5.74, 6) is -2.27. The van der Waals surface area contributed by atoms with Crippen molar-refractivity contribution < 1.29 is 13.2 Å². The first kappa shape index (κ1) is 11.7. The molecule has 88 valence electrons. The second-order valence-corrected chi connectivity index (χ2v) is 3.95. The molecule has 0 nitrogen and oxygen atoms in total. The average Bonchev–Trinajstić information content (AvgIpc) is 2.32. The van der Waals surface area contributed by atoms with Crippen LogP contribution in [0.2, 0.25) is 0 Å². The first-order valence-corrected chi connectivity index (χ1v) is 5.28. The second kappa shape index (κ2) is 4.62. The average molecular weight is 236 g/mol. The van der Waals surface area contributed by atoms with Crippen LogP contribution < -0.4 is 0 Å². The van der Waals surface area contributed by atoms with Gasteiger partial charge in [-0.25, -0.2) is 13.2 Å². The monoisotopic (exact) mass is 236 g/mol. The van der Waals surface area contributed by atoms with Crippen LogP contribution in [0, 0.1) is 17.5 Å². The first-order valence-electron chi connectivity index (χ1n) is 5.28. The largest absolute Gasteiger partial charge is 0.207 e. The molecule has 17 heavy (non-hydrogen) atoms. The fourth-order valence-corrected chi connectivity index (χ4v) is 1.75. The van der Waals surface area contributed by atoms with E-state index in [0.29, 0.717) is 5.56 Å². The van der Waals surface area contributed by atoms with E-state index in [1.807, 2.05) is 6.92 Å². The van der Waals surface area contributed by atoms with Crippen LogP contribution in [0.25, 0.3) is 0 Å². The van der Waals surface area contributed by atoms with Gasteiger partial charge >= 0.3 is 0 Å². The van der Waals surface area contributed by atoms with E-state index in [0.717, 1.165) is 17.7 Å². The van der Waals surface area contributed by atoms with E-state index in [1.54, 1.807) is 12.1 Å². The van der Waals surface area contributed by atoms with Gasteiger partial charge in [0.1, 0.15) is 5.82 Å². The number of rotatable bonds is 2. The van der Waals surface area contributed by atoms with Crippen molar-refractivity contribution in [2.45, 2.75) is 12.8 Å². The Morgan fingerprint density at radius 3 is 2.18 bits per heavy atom. The van der Waals surface area contributed by atoms with Crippen LogP contribution in [0.4, 0.5) is 13.2 Å². The molecule has 0 N–H and O–H groups in total. The molecule has 0 amide bonds. The van der Waals surface area contributed by atoms with Gasteiger partial charge in [-0.1, -0.05) is 25.1 Å². The van der Waals surface area contributed by atoms with Gasteiger partial charge in [-0.05, 0) is 35.4 Å². The molecule has 0 aromatic heterocycles. The van der Waals surface area contributed by atoms with Gasteiger partial charge in [-0.2, -0.15) is 0 Å². The van der Waals surface area contributed by atoms with Crippen molar-refractivity contribution in [3.8, 4) is 0 Å². The summed E-state index contributed by atoms with van der Waals surface area (Å²) in [7, 11) is 0. The third-order valence-electron chi connectivity index (χ3n) is 2.79. The van der Waals surface area contributed by atoms with Crippen molar-refractivity contribution in [1.29, 1.82) is 0 Å². The van der Waals surface area contributed by atoms with E-state index >= 15 is 0 Å². The number of hydrogen-bond acceptors (Lipinski definition) is 0. The molecule has 0 bridgehead atoms. The Labute approximate surface area is 97.7 Å². The molecule has 0 saturated heterocycles. The fourth-order valence-electron chi connectivity index (χ4n) is 1.75. The summed E-state index contributed by atoms with van der Waals surface area (Å²) in [5.41, 5.74) is 1.35. The Hall–Kier alpha value is -1.77. The van der Waals surface area contributed by atoms with E-state index in [9.17, 15) is 13.2 Å². The van der Waals surface area contributed by atoms with Crippen LogP contribution >= 0.6 is 0 Å². The first-order chi connectivity index (χ1) is 8.08. The lowest BCUT2D eigenvalue weighted by Gasteiger charge is -2.12. The topological polar surface area (TPSA) is 0 Å². The zero-order valence-corrected chi connectivity index (χ0v) is 9.25. The molecule has 0 aliphatic rings. The van der Waals surface area contributed by atoms with E-state index in [4.69, 9.17) is 0 Å². The molecular formula is C14H11F3. The molecule has 1 unspecified atom stereocenters. The van der Waals surface area contributed by atoms with Crippen molar-refractivity contribution in [2.75, 3.05) is 0 Å². The molecular weight excluding hydrogens is 225 g/mol. The maximum Gasteiger partial charge on any atom is 0.159 e. The van der Waals surface area contributed by atoms with Crippen molar-refractivity contribution >= 4 is 0 Å². The van der Waals surface area contributed by atoms with Gasteiger partial charge in [0.05, 0.1) is 0 Å². The van der Waals surface area contributed by atoms with E-state index in [1.165, 1.54) is 18.2 Å². The molecule has 2 rings (SSSR count). The van der Waals surface area contributed by atoms with Crippen LogP contribution in [-0.2, 0) is 0 Å². The highest BCUT2D eigenvalue weighted by atomic mass is 19.2. The highest BCUT2D eigenvalue weighted by Crippen LogP contribution is 2.25. The summed E-state index contributed by atoms with van der Waals surface area (Å²) in [5, 5.41) is 0. The second-order valence-electron chi connectivity index (χ2n) is 3.95. The van der Waals surface area contributed by atoms with Crippen molar-refractivity contribution in [1.82, 2.24) is 0 Å². The minimum absolute atomic E-state index is 0.180. The molecule has 2 aromatic carbocycles. The molecule has 0 spiro atoms.